The molecule has 2 saturated carbocycles. The van der Waals surface area contributed by atoms with Crippen molar-refractivity contribution in [3.05, 3.63) is 35.4 Å². The van der Waals surface area contributed by atoms with Crippen LogP contribution in [0.25, 0.3) is 0 Å². The molecule has 1 aromatic carbocycles. The third kappa shape index (κ3) is 3.62. The first-order valence-corrected chi connectivity index (χ1v) is 7.65. The van der Waals surface area contributed by atoms with Gasteiger partial charge in [0.2, 0.25) is 5.92 Å². The van der Waals surface area contributed by atoms with Crippen LogP contribution in [-0.4, -0.2) is 18.0 Å². The molecule has 2 aliphatic carbocycles. The van der Waals surface area contributed by atoms with Crippen molar-refractivity contribution >= 4 is 6.03 Å². The minimum absolute atomic E-state index is 0.0360. The van der Waals surface area contributed by atoms with Crippen LogP contribution in [0.2, 0.25) is 0 Å². The van der Waals surface area contributed by atoms with Crippen LogP contribution >= 0.6 is 0 Å². The maximum Gasteiger partial charge on any atom is 0.416 e. The number of urea groups is 1. The monoisotopic (exact) mass is 348 g/mol. The first-order chi connectivity index (χ1) is 11.1. The van der Waals surface area contributed by atoms with Gasteiger partial charge in [0.25, 0.3) is 0 Å². The molecule has 0 heterocycles. The van der Waals surface area contributed by atoms with Crippen LogP contribution in [0.1, 0.15) is 36.8 Å². The number of nitrogens with one attached hydrogen (secondary N) is 2. The molecule has 0 aromatic heterocycles. The van der Waals surface area contributed by atoms with Crippen LogP contribution < -0.4 is 10.6 Å². The molecular formula is C16H17F5N2O. The topological polar surface area (TPSA) is 41.1 Å². The SMILES string of the molecule is O=C(NCc1cccc(C(F)(F)F)c1)NC1CC2(C1)CC(F)(F)C2. The van der Waals surface area contributed by atoms with E-state index in [2.05, 4.69) is 10.6 Å². The number of hydrogen-bond donors (Lipinski definition) is 2. The predicted octanol–water partition coefficient (Wildman–Crippen LogP) is 4.08. The Labute approximate surface area is 135 Å². The Morgan fingerprint density at radius 2 is 1.88 bits per heavy atom. The Kier molecular flexibility index (Phi) is 3.96. The van der Waals surface area contributed by atoms with Gasteiger partial charge >= 0.3 is 12.2 Å². The van der Waals surface area contributed by atoms with Crippen molar-refractivity contribution in [1.29, 1.82) is 0 Å². The van der Waals surface area contributed by atoms with E-state index in [1.807, 2.05) is 0 Å². The molecule has 0 aliphatic heterocycles. The number of rotatable bonds is 3. The fraction of sp³-hybridized carbons (Fsp3) is 0.562. The highest BCUT2D eigenvalue weighted by molar-refractivity contribution is 5.74. The van der Waals surface area contributed by atoms with E-state index in [4.69, 9.17) is 0 Å². The Bertz CT molecular complexity index is 628. The quantitative estimate of drug-likeness (QED) is 0.794. The lowest BCUT2D eigenvalue weighted by molar-refractivity contribution is -0.197. The average Bonchev–Trinajstić information content (AvgIpc) is 2.40. The molecule has 2 amide bonds. The smallest absolute Gasteiger partial charge is 0.335 e. The number of hydrogen-bond acceptors (Lipinski definition) is 1. The molecule has 0 unspecified atom stereocenters. The molecule has 3 nitrogen and oxygen atoms in total. The number of carbonyl (C=O) groups excluding carboxylic acids is 1. The lowest BCUT2D eigenvalue weighted by Crippen LogP contribution is -2.60. The maximum absolute atomic E-state index is 12.9. The van der Waals surface area contributed by atoms with Gasteiger partial charge in [-0.1, -0.05) is 12.1 Å². The van der Waals surface area contributed by atoms with Crippen molar-refractivity contribution in [2.24, 2.45) is 5.41 Å². The molecule has 0 atom stereocenters. The number of alkyl halides is 5. The Morgan fingerprint density at radius 3 is 2.46 bits per heavy atom. The predicted molar refractivity (Wildman–Crippen MR) is 76.5 cm³/mol. The lowest BCUT2D eigenvalue weighted by Gasteiger charge is -2.57. The molecule has 132 valence electrons. The van der Waals surface area contributed by atoms with Crippen molar-refractivity contribution in [2.45, 2.75) is 50.4 Å². The maximum atomic E-state index is 12.9. The van der Waals surface area contributed by atoms with Crippen molar-refractivity contribution < 1.29 is 26.7 Å². The molecule has 2 N–H and O–H groups in total. The second-order valence-corrected chi connectivity index (χ2v) is 6.84. The summed E-state index contributed by atoms with van der Waals surface area (Å²) in [6, 6.07) is 4.07. The molecule has 1 spiro atoms. The summed E-state index contributed by atoms with van der Waals surface area (Å²) < 4.78 is 63.6. The van der Waals surface area contributed by atoms with Crippen LogP contribution in [0.15, 0.2) is 24.3 Å². The van der Waals surface area contributed by atoms with E-state index < -0.39 is 23.7 Å². The van der Waals surface area contributed by atoms with Gasteiger partial charge in [-0.25, -0.2) is 13.6 Å². The zero-order valence-corrected chi connectivity index (χ0v) is 12.7. The van der Waals surface area contributed by atoms with Gasteiger partial charge in [0.1, 0.15) is 0 Å². The molecule has 0 saturated heterocycles. The third-order valence-electron chi connectivity index (χ3n) is 4.67. The molecule has 0 radical (unpaired) electrons. The standard InChI is InChI=1S/C16H17F5N2O/c17-15(18)8-14(9-15)5-12(6-14)23-13(24)22-7-10-2-1-3-11(4-10)16(19,20)21/h1-4,12H,5-9H2,(H2,22,23,24). The van der Waals surface area contributed by atoms with Crippen LogP contribution in [0.5, 0.6) is 0 Å². The summed E-state index contributed by atoms with van der Waals surface area (Å²) in [5.74, 6) is -2.57. The van der Waals surface area contributed by atoms with Crippen LogP contribution in [0.3, 0.4) is 0 Å². The molecule has 2 aliphatic rings. The molecule has 0 bridgehead atoms. The summed E-state index contributed by atoms with van der Waals surface area (Å²) in [6.07, 6.45) is -3.61. The summed E-state index contributed by atoms with van der Waals surface area (Å²) in [6.45, 7) is -0.0360. The largest absolute Gasteiger partial charge is 0.416 e. The molecule has 2 fully saturated rings. The normalized spacial score (nSPS) is 21.7. The van der Waals surface area contributed by atoms with Gasteiger partial charge in [-0.15, -0.1) is 0 Å². The van der Waals surface area contributed by atoms with Gasteiger partial charge < -0.3 is 10.6 Å². The van der Waals surface area contributed by atoms with E-state index in [1.54, 1.807) is 0 Å². The lowest BCUT2D eigenvalue weighted by atomic mass is 9.52. The van der Waals surface area contributed by atoms with E-state index in [0.29, 0.717) is 18.4 Å². The molecular weight excluding hydrogens is 331 g/mol. The van der Waals surface area contributed by atoms with Crippen molar-refractivity contribution in [3.8, 4) is 0 Å². The number of halogens is 5. The van der Waals surface area contributed by atoms with E-state index in [9.17, 15) is 26.7 Å². The van der Waals surface area contributed by atoms with Gasteiger partial charge in [-0.2, -0.15) is 13.2 Å². The number of carbonyl (C=O) groups is 1. The van der Waals surface area contributed by atoms with Crippen LogP contribution in [0, 0.1) is 5.41 Å². The second-order valence-electron chi connectivity index (χ2n) is 6.84. The van der Waals surface area contributed by atoms with Gasteiger partial charge in [0.05, 0.1) is 5.56 Å². The minimum atomic E-state index is -4.43. The first-order valence-electron chi connectivity index (χ1n) is 7.65. The first kappa shape index (κ1) is 17.0. The molecule has 24 heavy (non-hydrogen) atoms. The molecule has 3 rings (SSSR count). The van der Waals surface area contributed by atoms with E-state index in [0.717, 1.165) is 12.1 Å². The third-order valence-corrected chi connectivity index (χ3v) is 4.67. The fourth-order valence-corrected chi connectivity index (χ4v) is 3.70. The number of amides is 2. The number of benzene rings is 1. The Hall–Kier alpha value is -1.86. The summed E-state index contributed by atoms with van der Waals surface area (Å²) in [7, 11) is 0. The zero-order chi connectivity index (χ0) is 17.6. The zero-order valence-electron chi connectivity index (χ0n) is 12.7. The van der Waals surface area contributed by atoms with Crippen molar-refractivity contribution in [2.75, 3.05) is 0 Å². The Morgan fingerprint density at radius 1 is 1.21 bits per heavy atom. The van der Waals surface area contributed by atoms with E-state index in [1.165, 1.54) is 12.1 Å². The minimum Gasteiger partial charge on any atom is -0.335 e. The average molecular weight is 348 g/mol. The van der Waals surface area contributed by atoms with Gasteiger partial charge in [0.15, 0.2) is 0 Å². The van der Waals surface area contributed by atoms with Gasteiger partial charge in [-0.3, -0.25) is 0 Å². The highest BCUT2D eigenvalue weighted by Crippen LogP contribution is 2.62. The highest BCUT2D eigenvalue weighted by Gasteiger charge is 2.61. The van der Waals surface area contributed by atoms with Gasteiger partial charge in [-0.05, 0) is 36.0 Å². The highest BCUT2D eigenvalue weighted by atomic mass is 19.4. The summed E-state index contributed by atoms with van der Waals surface area (Å²) in [5.41, 5.74) is -0.764. The Balaban J connectivity index is 1.43. The van der Waals surface area contributed by atoms with Crippen LogP contribution in [0.4, 0.5) is 26.7 Å². The summed E-state index contributed by atoms with van der Waals surface area (Å²) in [5, 5.41) is 5.16. The summed E-state index contributed by atoms with van der Waals surface area (Å²) in [4.78, 5) is 11.8. The molecule has 8 heteroatoms. The van der Waals surface area contributed by atoms with Crippen LogP contribution in [-0.2, 0) is 12.7 Å². The summed E-state index contributed by atoms with van der Waals surface area (Å²) >= 11 is 0. The van der Waals surface area contributed by atoms with Crippen molar-refractivity contribution in [3.63, 3.8) is 0 Å². The molecule has 1 aromatic rings. The second kappa shape index (κ2) is 5.60. The van der Waals surface area contributed by atoms with Crippen molar-refractivity contribution in [1.82, 2.24) is 10.6 Å². The fourth-order valence-electron chi connectivity index (χ4n) is 3.70. The van der Waals surface area contributed by atoms with E-state index in [-0.39, 0.29) is 30.8 Å². The van der Waals surface area contributed by atoms with Gasteiger partial charge in [0, 0.05) is 25.4 Å². The van der Waals surface area contributed by atoms with E-state index >= 15 is 0 Å².